The molecule has 0 spiro atoms. The third kappa shape index (κ3) is 5.00. The van der Waals surface area contributed by atoms with Gasteiger partial charge >= 0.3 is 222 Å². The summed E-state index contributed by atoms with van der Waals surface area (Å²) >= 11 is -2.18. The minimum atomic E-state index is -2.18. The molecule has 0 aromatic heterocycles. The monoisotopic (exact) mass is 714 g/mol. The van der Waals surface area contributed by atoms with Gasteiger partial charge in [-0.1, -0.05) is 0 Å². The van der Waals surface area contributed by atoms with Gasteiger partial charge in [-0.3, -0.25) is 0 Å². The molecule has 3 fully saturated rings. The van der Waals surface area contributed by atoms with Crippen LogP contribution in [0, 0.1) is 0 Å². The molecular weight excluding hydrogens is 674 g/mol. The molecular formula is C33H40Cl2HfSi. The van der Waals surface area contributed by atoms with E-state index in [0.717, 1.165) is 19.2 Å². The maximum Gasteiger partial charge on any atom is -1.00 e. The summed E-state index contributed by atoms with van der Waals surface area (Å²) in [6, 6.07) is 18.3. The summed E-state index contributed by atoms with van der Waals surface area (Å²) in [4.78, 5) is 0. The van der Waals surface area contributed by atoms with Crippen LogP contribution in [0.3, 0.4) is 0 Å². The minimum absolute atomic E-state index is 0. The average molecular weight is 714 g/mol. The first-order valence-corrected chi connectivity index (χ1v) is 26.1. The Kier molecular flexibility index (Phi) is 8.82. The van der Waals surface area contributed by atoms with E-state index in [4.69, 9.17) is 0 Å². The van der Waals surface area contributed by atoms with Crippen molar-refractivity contribution < 1.29 is 44.9 Å². The van der Waals surface area contributed by atoms with E-state index in [9.17, 15) is 0 Å². The molecule has 2 unspecified atom stereocenters. The molecule has 194 valence electrons. The molecule has 2 atom stereocenters. The smallest absolute Gasteiger partial charge is 1.00 e. The van der Waals surface area contributed by atoms with E-state index >= 15 is 0 Å². The number of hydrogen-bond donors (Lipinski definition) is 0. The number of allylic oxidation sites excluding steroid dienone is 2. The van der Waals surface area contributed by atoms with E-state index in [-0.39, 0.29) is 30.3 Å². The molecule has 37 heavy (non-hydrogen) atoms. The second-order valence-corrected chi connectivity index (χ2v) is 33.9. The molecule has 1 saturated heterocycles. The maximum absolute atomic E-state index is 2.73. The second-order valence-electron chi connectivity index (χ2n) is 11.9. The quantitative estimate of drug-likeness (QED) is 0.402. The summed E-state index contributed by atoms with van der Waals surface area (Å²) in [5.41, 5.74) is 13.9. The third-order valence-corrected chi connectivity index (χ3v) is 40.7. The van der Waals surface area contributed by atoms with Gasteiger partial charge in [0.05, 0.1) is 0 Å². The molecule has 1 heterocycles. The van der Waals surface area contributed by atoms with E-state index in [2.05, 4.69) is 62.4 Å². The van der Waals surface area contributed by atoms with Crippen molar-refractivity contribution >= 4 is 17.6 Å². The molecule has 0 N–H and O–H groups in total. The number of rotatable bonds is 6. The van der Waals surface area contributed by atoms with Crippen molar-refractivity contribution in [3.63, 3.8) is 0 Å². The number of fused-ring (bicyclic) bond motifs is 2. The van der Waals surface area contributed by atoms with Crippen LogP contribution in [0.1, 0.15) is 124 Å². The van der Waals surface area contributed by atoms with Crippen LogP contribution >= 0.6 is 0 Å². The summed E-state index contributed by atoms with van der Waals surface area (Å²) in [6.07, 6.45) is 18.2. The summed E-state index contributed by atoms with van der Waals surface area (Å²) in [7, 11) is 0. The van der Waals surface area contributed by atoms with Crippen LogP contribution in [0.2, 0.25) is 12.1 Å². The Morgan fingerprint density at radius 1 is 0.649 bits per heavy atom. The van der Waals surface area contributed by atoms with E-state index in [1.807, 2.05) is 11.1 Å². The predicted octanol–water partition coefficient (Wildman–Crippen LogP) is 3.64. The molecule has 0 amide bonds. The Morgan fingerprint density at radius 3 is 1.49 bits per heavy atom. The van der Waals surface area contributed by atoms with Gasteiger partial charge in [0.25, 0.3) is 0 Å². The Bertz CT molecular complexity index is 1190. The van der Waals surface area contributed by atoms with Crippen molar-refractivity contribution in [2.75, 3.05) is 0 Å². The topological polar surface area (TPSA) is 0 Å². The minimum Gasteiger partial charge on any atom is -1.00 e. The van der Waals surface area contributed by atoms with Crippen LogP contribution in [-0.4, -0.2) is 5.49 Å². The molecule has 0 nitrogen and oxygen atoms in total. The van der Waals surface area contributed by atoms with Gasteiger partial charge in [-0.15, -0.1) is 0 Å². The van der Waals surface area contributed by atoms with E-state index in [1.54, 1.807) is 45.5 Å². The summed E-state index contributed by atoms with van der Waals surface area (Å²) < 4.78 is 1.72. The molecule has 2 aromatic carbocycles. The molecule has 2 saturated carbocycles. The summed E-state index contributed by atoms with van der Waals surface area (Å²) in [5.74, 6) is 1.71. The molecule has 5 aliphatic rings. The van der Waals surface area contributed by atoms with Crippen LogP contribution < -0.4 is 24.8 Å². The van der Waals surface area contributed by atoms with Crippen LogP contribution in [-0.2, 0) is 20.1 Å². The third-order valence-electron chi connectivity index (χ3n) is 9.71. The Labute approximate surface area is 244 Å². The standard InChI is InChI=1S/2C14H15.C5H10Si.2ClH.Hf/c2*1-2-10-8-12-4-3-5-13(11-6-7-11)14(12)9-10;1-2-4-6-5-3-1;;;/h2*3-5,8-9,11H,2,6-7H2,1H3;1-5H2;2*1H;/q;;;;;+2/p-2. The van der Waals surface area contributed by atoms with Gasteiger partial charge in [0.1, 0.15) is 0 Å². The van der Waals surface area contributed by atoms with Gasteiger partial charge in [0.2, 0.25) is 0 Å². The molecule has 4 aliphatic carbocycles. The first-order valence-electron chi connectivity index (χ1n) is 14.7. The fraction of sp³-hybridized carbons (Fsp3) is 0.515. The van der Waals surface area contributed by atoms with Gasteiger partial charge < -0.3 is 24.8 Å². The molecule has 2 aromatic rings. The molecule has 0 bridgehead atoms. The van der Waals surface area contributed by atoms with E-state index in [0.29, 0.717) is 0 Å². The largest absolute Gasteiger partial charge is 1.00 e. The number of hydrogen-bond acceptors (Lipinski definition) is 0. The van der Waals surface area contributed by atoms with E-state index in [1.165, 1.54) is 57.8 Å². The Hall–Kier alpha value is -0.413. The molecule has 4 heteroatoms. The van der Waals surface area contributed by atoms with Gasteiger partial charge in [0, 0.05) is 0 Å². The summed E-state index contributed by atoms with van der Waals surface area (Å²) in [5, 5.41) is 0. The first kappa shape index (κ1) is 28.1. The van der Waals surface area contributed by atoms with Crippen molar-refractivity contribution in [2.24, 2.45) is 0 Å². The fourth-order valence-electron chi connectivity index (χ4n) is 7.67. The zero-order chi connectivity index (χ0) is 23.5. The van der Waals surface area contributed by atoms with Gasteiger partial charge in [-0.25, -0.2) is 0 Å². The van der Waals surface area contributed by atoms with E-state index < -0.39 is 20.1 Å². The normalized spacial score (nSPS) is 23.6. The molecule has 1 aliphatic heterocycles. The van der Waals surface area contributed by atoms with Crippen molar-refractivity contribution in [2.45, 2.75) is 103 Å². The second kappa shape index (κ2) is 11.6. The van der Waals surface area contributed by atoms with Gasteiger partial charge in [0.15, 0.2) is 0 Å². The Morgan fingerprint density at radius 2 is 1.08 bits per heavy atom. The van der Waals surface area contributed by atoms with Crippen molar-refractivity contribution in [1.29, 1.82) is 0 Å². The predicted molar refractivity (Wildman–Crippen MR) is 148 cm³/mol. The number of benzene rings is 2. The van der Waals surface area contributed by atoms with Crippen molar-refractivity contribution in [3.8, 4) is 0 Å². The van der Waals surface area contributed by atoms with Gasteiger partial charge in [-0.05, 0) is 0 Å². The van der Waals surface area contributed by atoms with Crippen LogP contribution in [0.15, 0.2) is 47.5 Å². The summed E-state index contributed by atoms with van der Waals surface area (Å²) in [6.45, 7) is 4.93. The van der Waals surface area contributed by atoms with Gasteiger partial charge in [-0.2, -0.15) is 0 Å². The zero-order valence-corrected chi connectivity index (χ0v) is 28.6. The Balaban J connectivity index is 0.00000140. The van der Waals surface area contributed by atoms with Crippen LogP contribution in [0.25, 0.3) is 12.2 Å². The average Bonchev–Trinajstić information content (AvgIpc) is 3.84. The first-order chi connectivity index (χ1) is 17.3. The fourth-order valence-corrected chi connectivity index (χ4v) is 45.4. The number of halogens is 2. The molecule has 7 rings (SSSR count). The van der Waals surface area contributed by atoms with Crippen molar-refractivity contribution in [3.05, 3.63) is 80.9 Å². The molecule has 0 radical (unpaired) electrons. The van der Waals surface area contributed by atoms with Crippen LogP contribution in [0.4, 0.5) is 0 Å². The van der Waals surface area contributed by atoms with Crippen molar-refractivity contribution in [1.82, 2.24) is 0 Å². The zero-order valence-electron chi connectivity index (χ0n) is 22.5. The SMILES string of the molecule is CCC1=Cc2c(C3CC3)cccc2[CH]1[Hf+2]([CH]1C(CC)=Cc2c(C3CC3)cccc21)=[Si]1CCCCC1.[Cl-].[Cl-]. The maximum atomic E-state index is 2.73. The van der Waals surface area contributed by atoms with Crippen LogP contribution in [0.5, 0.6) is 0 Å².